The molecule has 1 aliphatic heterocycles. The van der Waals surface area contributed by atoms with E-state index in [1.165, 1.54) is 6.33 Å². The van der Waals surface area contributed by atoms with Crippen molar-refractivity contribution in [1.82, 2.24) is 25.0 Å². The van der Waals surface area contributed by atoms with Crippen molar-refractivity contribution in [2.45, 2.75) is 13.0 Å². The first-order valence-corrected chi connectivity index (χ1v) is 7.21. The molecule has 0 saturated carbocycles. The number of benzene rings is 1. The summed E-state index contributed by atoms with van der Waals surface area (Å²) in [4.78, 5) is 18.3. The number of amides is 1. The average Bonchev–Trinajstić information content (AvgIpc) is 2.96. The number of carbonyl (C=O) groups is 1. The highest BCUT2D eigenvalue weighted by atomic mass is 35.5. The molecule has 2 aromatic rings. The van der Waals surface area contributed by atoms with Crippen molar-refractivity contribution in [1.29, 1.82) is 0 Å². The Hall–Kier alpha value is -1.92. The summed E-state index contributed by atoms with van der Waals surface area (Å²) in [7, 11) is 0. The summed E-state index contributed by atoms with van der Waals surface area (Å²) in [5, 5.41) is 8.18. The van der Waals surface area contributed by atoms with E-state index in [0.29, 0.717) is 18.1 Å². The van der Waals surface area contributed by atoms with Gasteiger partial charge in [0.1, 0.15) is 6.33 Å². The molecule has 0 aliphatic carbocycles. The van der Waals surface area contributed by atoms with Gasteiger partial charge in [-0.3, -0.25) is 4.79 Å². The van der Waals surface area contributed by atoms with Crippen LogP contribution in [0, 0.1) is 0 Å². The van der Waals surface area contributed by atoms with Gasteiger partial charge in [-0.15, -0.1) is 5.10 Å². The van der Waals surface area contributed by atoms with Gasteiger partial charge >= 0.3 is 0 Å². The van der Waals surface area contributed by atoms with Gasteiger partial charge in [-0.25, -0.2) is 9.67 Å². The van der Waals surface area contributed by atoms with Crippen molar-refractivity contribution in [3.8, 4) is 5.69 Å². The summed E-state index contributed by atoms with van der Waals surface area (Å²) >= 11 is 5.96. The van der Waals surface area contributed by atoms with Crippen molar-refractivity contribution < 1.29 is 4.79 Å². The summed E-state index contributed by atoms with van der Waals surface area (Å²) < 4.78 is 1.56. The lowest BCUT2D eigenvalue weighted by Crippen LogP contribution is -2.51. The van der Waals surface area contributed by atoms with Crippen LogP contribution in [-0.2, 0) is 0 Å². The van der Waals surface area contributed by atoms with Crippen LogP contribution in [0.25, 0.3) is 5.69 Å². The quantitative estimate of drug-likeness (QED) is 0.910. The molecule has 0 unspecified atom stereocenters. The first-order valence-electron chi connectivity index (χ1n) is 6.84. The molecular formula is C14H16ClN5O. The Kier molecular flexibility index (Phi) is 3.90. The fourth-order valence-electron chi connectivity index (χ4n) is 2.36. The van der Waals surface area contributed by atoms with Gasteiger partial charge in [-0.1, -0.05) is 17.7 Å². The highest BCUT2D eigenvalue weighted by Crippen LogP contribution is 2.14. The van der Waals surface area contributed by atoms with Crippen LogP contribution in [-0.4, -0.2) is 51.2 Å². The van der Waals surface area contributed by atoms with Gasteiger partial charge in [0.25, 0.3) is 5.91 Å². The number of rotatable bonds is 2. The Morgan fingerprint density at radius 2 is 2.33 bits per heavy atom. The number of nitrogens with zero attached hydrogens (tertiary/aromatic N) is 4. The molecule has 6 nitrogen and oxygen atoms in total. The lowest BCUT2D eigenvalue weighted by molar-refractivity contribution is 0.0697. The van der Waals surface area contributed by atoms with Crippen LogP contribution in [0.2, 0.25) is 5.02 Å². The summed E-state index contributed by atoms with van der Waals surface area (Å²) in [6.45, 7) is 4.19. The number of piperazine rings is 1. The van der Waals surface area contributed by atoms with E-state index in [4.69, 9.17) is 11.6 Å². The lowest BCUT2D eigenvalue weighted by atomic mass is 10.2. The van der Waals surface area contributed by atoms with Crippen LogP contribution in [0.3, 0.4) is 0 Å². The highest BCUT2D eigenvalue weighted by Gasteiger charge is 2.24. The summed E-state index contributed by atoms with van der Waals surface area (Å²) in [5.41, 5.74) is 0.780. The molecule has 3 rings (SSSR count). The van der Waals surface area contributed by atoms with E-state index in [9.17, 15) is 4.79 Å². The highest BCUT2D eigenvalue weighted by molar-refractivity contribution is 6.30. The third-order valence-corrected chi connectivity index (χ3v) is 3.65. The summed E-state index contributed by atoms with van der Waals surface area (Å²) in [6.07, 6.45) is 1.53. The second-order valence-corrected chi connectivity index (χ2v) is 5.54. The van der Waals surface area contributed by atoms with E-state index >= 15 is 0 Å². The number of aromatic nitrogens is 3. The van der Waals surface area contributed by atoms with E-state index < -0.39 is 0 Å². The SMILES string of the molecule is C[C@@H]1CN(C(=O)c2ncn(-c3cccc(Cl)c3)n2)CCN1. The molecule has 1 saturated heterocycles. The van der Waals surface area contributed by atoms with Gasteiger partial charge in [0.2, 0.25) is 5.82 Å². The Bertz CT molecular complexity index is 656. The van der Waals surface area contributed by atoms with Gasteiger partial charge in [0, 0.05) is 30.7 Å². The van der Waals surface area contributed by atoms with Gasteiger partial charge in [-0.05, 0) is 25.1 Å². The number of nitrogens with one attached hydrogen (secondary N) is 1. The Morgan fingerprint density at radius 3 is 3.10 bits per heavy atom. The molecule has 1 N–H and O–H groups in total. The third-order valence-electron chi connectivity index (χ3n) is 3.41. The second kappa shape index (κ2) is 5.83. The fourth-order valence-corrected chi connectivity index (χ4v) is 2.55. The zero-order chi connectivity index (χ0) is 14.8. The van der Waals surface area contributed by atoms with Gasteiger partial charge in [0.05, 0.1) is 5.69 Å². The first kappa shape index (κ1) is 14.0. The predicted octanol–water partition coefficient (Wildman–Crippen LogP) is 1.35. The largest absolute Gasteiger partial charge is 0.333 e. The summed E-state index contributed by atoms with van der Waals surface area (Å²) in [5.74, 6) is 0.0770. The molecule has 0 spiro atoms. The standard InChI is InChI=1S/C14H16ClN5O/c1-10-8-19(6-5-16-10)14(21)13-17-9-20(18-13)12-4-2-3-11(15)7-12/h2-4,7,9-10,16H,5-6,8H2,1H3/t10-/m1/s1. The molecule has 7 heteroatoms. The molecule has 2 heterocycles. The van der Waals surface area contributed by atoms with E-state index in [2.05, 4.69) is 22.3 Å². The monoisotopic (exact) mass is 305 g/mol. The molecule has 1 atom stereocenters. The summed E-state index contributed by atoms with van der Waals surface area (Å²) in [6, 6.07) is 7.55. The average molecular weight is 306 g/mol. The van der Waals surface area contributed by atoms with Gasteiger partial charge in [0.15, 0.2) is 0 Å². The van der Waals surface area contributed by atoms with Crippen molar-refractivity contribution in [2.75, 3.05) is 19.6 Å². The van der Waals surface area contributed by atoms with Crippen LogP contribution in [0.15, 0.2) is 30.6 Å². The van der Waals surface area contributed by atoms with E-state index in [1.54, 1.807) is 21.7 Å². The van der Waals surface area contributed by atoms with Crippen molar-refractivity contribution in [2.24, 2.45) is 0 Å². The third kappa shape index (κ3) is 3.06. The fraction of sp³-hybridized carbons (Fsp3) is 0.357. The molecular weight excluding hydrogens is 290 g/mol. The number of halogens is 1. The molecule has 1 aromatic heterocycles. The topological polar surface area (TPSA) is 63.1 Å². The minimum atomic E-state index is -0.135. The van der Waals surface area contributed by atoms with E-state index in [-0.39, 0.29) is 17.8 Å². The molecule has 110 valence electrons. The van der Waals surface area contributed by atoms with Crippen LogP contribution >= 0.6 is 11.6 Å². The molecule has 1 amide bonds. The zero-order valence-corrected chi connectivity index (χ0v) is 12.4. The van der Waals surface area contributed by atoms with Gasteiger partial charge < -0.3 is 10.2 Å². The van der Waals surface area contributed by atoms with Crippen molar-refractivity contribution in [3.63, 3.8) is 0 Å². The van der Waals surface area contributed by atoms with Crippen LogP contribution in [0.5, 0.6) is 0 Å². The van der Waals surface area contributed by atoms with Crippen molar-refractivity contribution in [3.05, 3.63) is 41.4 Å². The number of carbonyl (C=O) groups excluding carboxylic acids is 1. The van der Waals surface area contributed by atoms with Crippen molar-refractivity contribution >= 4 is 17.5 Å². The molecule has 1 aliphatic rings. The predicted molar refractivity (Wildman–Crippen MR) is 79.7 cm³/mol. The van der Waals surface area contributed by atoms with Crippen LogP contribution in [0.1, 0.15) is 17.5 Å². The van der Waals surface area contributed by atoms with E-state index in [1.807, 2.05) is 12.1 Å². The molecule has 1 fully saturated rings. The minimum Gasteiger partial charge on any atom is -0.333 e. The van der Waals surface area contributed by atoms with E-state index in [0.717, 1.165) is 12.2 Å². The maximum absolute atomic E-state index is 12.4. The minimum absolute atomic E-state index is 0.135. The lowest BCUT2D eigenvalue weighted by Gasteiger charge is -2.30. The molecule has 1 aromatic carbocycles. The maximum Gasteiger partial charge on any atom is 0.293 e. The second-order valence-electron chi connectivity index (χ2n) is 5.10. The van der Waals surface area contributed by atoms with Crippen LogP contribution in [0.4, 0.5) is 0 Å². The number of hydrogen-bond donors (Lipinski definition) is 1. The molecule has 0 bridgehead atoms. The Morgan fingerprint density at radius 1 is 1.48 bits per heavy atom. The smallest absolute Gasteiger partial charge is 0.293 e. The molecule has 21 heavy (non-hydrogen) atoms. The van der Waals surface area contributed by atoms with Gasteiger partial charge in [-0.2, -0.15) is 0 Å². The first-order chi connectivity index (χ1) is 10.1. The normalized spacial score (nSPS) is 18.8. The van der Waals surface area contributed by atoms with Crippen LogP contribution < -0.4 is 5.32 Å². The molecule has 0 radical (unpaired) electrons. The maximum atomic E-state index is 12.4. The Balaban J connectivity index is 1.80. The zero-order valence-electron chi connectivity index (χ0n) is 11.7. The number of hydrogen-bond acceptors (Lipinski definition) is 4. The Labute approximate surface area is 127 Å².